The van der Waals surface area contributed by atoms with Gasteiger partial charge in [-0.1, -0.05) is 17.7 Å². The van der Waals surface area contributed by atoms with E-state index in [0.717, 1.165) is 11.6 Å². The van der Waals surface area contributed by atoms with Gasteiger partial charge in [-0.05, 0) is 48.4 Å². The minimum atomic E-state index is -0.661. The summed E-state index contributed by atoms with van der Waals surface area (Å²) in [6.07, 6.45) is -0.0395. The van der Waals surface area contributed by atoms with Gasteiger partial charge in [-0.2, -0.15) is 0 Å². The van der Waals surface area contributed by atoms with E-state index in [-0.39, 0.29) is 17.0 Å². The van der Waals surface area contributed by atoms with Crippen molar-refractivity contribution in [2.75, 3.05) is 0 Å². The van der Waals surface area contributed by atoms with E-state index >= 15 is 0 Å². The molecule has 19 heavy (non-hydrogen) atoms. The molecule has 0 amide bonds. The highest BCUT2D eigenvalue weighted by molar-refractivity contribution is 6.30. The van der Waals surface area contributed by atoms with Crippen molar-refractivity contribution in [2.45, 2.75) is 13.3 Å². The number of hydrogen-bond donors (Lipinski definition) is 0. The van der Waals surface area contributed by atoms with Crippen LogP contribution < -0.4 is 0 Å². The first kappa shape index (κ1) is 13.7. The number of Topliss-reactive ketones (excluding diaryl/α,β-unsaturated/α-hetero) is 1. The molecule has 98 valence electrons. The van der Waals surface area contributed by atoms with Crippen molar-refractivity contribution in [3.8, 4) is 0 Å². The van der Waals surface area contributed by atoms with Gasteiger partial charge in [0.2, 0.25) is 0 Å². The molecule has 0 saturated heterocycles. The van der Waals surface area contributed by atoms with Gasteiger partial charge in [0.05, 0.1) is 5.56 Å². The van der Waals surface area contributed by atoms with Crippen LogP contribution in [0.3, 0.4) is 0 Å². The summed E-state index contributed by atoms with van der Waals surface area (Å²) in [4.78, 5) is 12.0. The zero-order valence-electron chi connectivity index (χ0n) is 10.2. The second-order valence-electron chi connectivity index (χ2n) is 4.29. The first-order valence-corrected chi connectivity index (χ1v) is 6.08. The zero-order chi connectivity index (χ0) is 14.0. The number of halogens is 3. The lowest BCUT2D eigenvalue weighted by atomic mass is 9.99. The van der Waals surface area contributed by atoms with E-state index in [2.05, 4.69) is 0 Å². The summed E-state index contributed by atoms with van der Waals surface area (Å²) in [5.74, 6) is -1.47. The molecule has 2 aromatic rings. The molecule has 0 aliphatic carbocycles. The monoisotopic (exact) mass is 280 g/mol. The number of aryl methyl sites for hydroxylation is 1. The first-order valence-electron chi connectivity index (χ1n) is 5.70. The molecule has 0 radical (unpaired) electrons. The quantitative estimate of drug-likeness (QED) is 0.764. The average molecular weight is 281 g/mol. The van der Waals surface area contributed by atoms with Crippen LogP contribution in [0.4, 0.5) is 8.78 Å². The van der Waals surface area contributed by atoms with Gasteiger partial charge in [0.25, 0.3) is 0 Å². The standard InChI is InChI=1S/C15H11ClF2O/c1-9-2-4-12(17)6-10(9)7-15(19)13-5-3-11(16)8-14(13)18/h2-6,8H,7H2,1H3. The molecular formula is C15H11ClF2O. The van der Waals surface area contributed by atoms with Crippen LogP contribution >= 0.6 is 11.6 Å². The Bertz CT molecular complexity index is 638. The highest BCUT2D eigenvalue weighted by Crippen LogP contribution is 2.18. The maximum absolute atomic E-state index is 13.6. The van der Waals surface area contributed by atoms with Crippen LogP contribution in [0, 0.1) is 18.6 Å². The van der Waals surface area contributed by atoms with Gasteiger partial charge in [-0.15, -0.1) is 0 Å². The summed E-state index contributed by atoms with van der Waals surface area (Å²) in [7, 11) is 0. The second-order valence-corrected chi connectivity index (χ2v) is 4.73. The number of benzene rings is 2. The number of hydrogen-bond acceptors (Lipinski definition) is 1. The second kappa shape index (κ2) is 5.49. The van der Waals surface area contributed by atoms with Gasteiger partial charge in [-0.3, -0.25) is 4.79 Å². The largest absolute Gasteiger partial charge is 0.294 e. The molecule has 0 aliphatic rings. The van der Waals surface area contributed by atoms with Gasteiger partial charge in [0.15, 0.2) is 5.78 Å². The molecule has 0 aliphatic heterocycles. The number of rotatable bonds is 3. The van der Waals surface area contributed by atoms with Crippen LogP contribution in [0.2, 0.25) is 5.02 Å². The number of carbonyl (C=O) groups is 1. The Labute approximate surface area is 114 Å². The smallest absolute Gasteiger partial charge is 0.170 e. The molecule has 0 bridgehead atoms. The summed E-state index contributed by atoms with van der Waals surface area (Å²) in [5.41, 5.74) is 1.32. The minimum Gasteiger partial charge on any atom is -0.294 e. The number of ketones is 1. The van der Waals surface area contributed by atoms with Crippen molar-refractivity contribution >= 4 is 17.4 Å². The summed E-state index contributed by atoms with van der Waals surface area (Å²) in [6, 6.07) is 8.10. The van der Waals surface area contributed by atoms with Crippen LogP contribution in [0.15, 0.2) is 36.4 Å². The Morgan fingerprint density at radius 3 is 2.58 bits per heavy atom. The molecule has 0 atom stereocenters. The maximum Gasteiger partial charge on any atom is 0.170 e. The van der Waals surface area contributed by atoms with Crippen molar-refractivity contribution in [3.63, 3.8) is 0 Å². The summed E-state index contributed by atoms with van der Waals surface area (Å²) in [5, 5.41) is 0.232. The van der Waals surface area contributed by atoms with Crippen LogP contribution in [-0.2, 0) is 6.42 Å². The van der Waals surface area contributed by atoms with Crippen molar-refractivity contribution in [3.05, 3.63) is 69.7 Å². The molecule has 1 nitrogen and oxygen atoms in total. The minimum absolute atomic E-state index is 0.0342. The first-order chi connectivity index (χ1) is 8.97. The lowest BCUT2D eigenvalue weighted by molar-refractivity contribution is 0.0989. The van der Waals surface area contributed by atoms with Crippen LogP contribution in [0.25, 0.3) is 0 Å². The van der Waals surface area contributed by atoms with Crippen LogP contribution in [-0.4, -0.2) is 5.78 Å². The molecule has 2 aromatic carbocycles. The van der Waals surface area contributed by atoms with Crippen LogP contribution in [0.1, 0.15) is 21.5 Å². The lowest BCUT2D eigenvalue weighted by Crippen LogP contribution is -2.07. The molecule has 0 saturated carbocycles. The highest BCUT2D eigenvalue weighted by Gasteiger charge is 2.14. The Morgan fingerprint density at radius 2 is 1.89 bits per heavy atom. The molecule has 0 unspecified atom stereocenters. The Hall–Kier alpha value is -1.74. The van der Waals surface area contributed by atoms with Crippen molar-refractivity contribution in [1.29, 1.82) is 0 Å². The SMILES string of the molecule is Cc1ccc(F)cc1CC(=O)c1ccc(Cl)cc1F. The summed E-state index contributed by atoms with van der Waals surface area (Å²) in [6.45, 7) is 1.78. The van der Waals surface area contributed by atoms with Crippen molar-refractivity contribution in [2.24, 2.45) is 0 Å². The Morgan fingerprint density at radius 1 is 1.16 bits per heavy atom. The predicted octanol–water partition coefficient (Wildman–Crippen LogP) is 4.35. The van der Waals surface area contributed by atoms with E-state index in [1.807, 2.05) is 0 Å². The van der Waals surface area contributed by atoms with Crippen LogP contribution in [0.5, 0.6) is 0 Å². The third-order valence-electron chi connectivity index (χ3n) is 2.89. The Kier molecular flexibility index (Phi) is 3.96. The maximum atomic E-state index is 13.6. The molecule has 2 rings (SSSR count). The molecule has 0 fully saturated rings. The van der Waals surface area contributed by atoms with E-state index in [0.29, 0.717) is 5.56 Å². The van der Waals surface area contributed by atoms with Gasteiger partial charge in [0, 0.05) is 11.4 Å². The summed E-state index contributed by atoms with van der Waals surface area (Å²) >= 11 is 5.63. The number of carbonyl (C=O) groups excluding carboxylic acids is 1. The third-order valence-corrected chi connectivity index (χ3v) is 3.13. The van der Waals surface area contributed by atoms with E-state index < -0.39 is 17.4 Å². The Balaban J connectivity index is 2.28. The predicted molar refractivity (Wildman–Crippen MR) is 70.6 cm³/mol. The fourth-order valence-corrected chi connectivity index (χ4v) is 1.97. The highest BCUT2D eigenvalue weighted by atomic mass is 35.5. The van der Waals surface area contributed by atoms with Crippen molar-refractivity contribution < 1.29 is 13.6 Å². The zero-order valence-corrected chi connectivity index (χ0v) is 11.0. The molecule has 0 aromatic heterocycles. The van der Waals surface area contributed by atoms with Gasteiger partial charge < -0.3 is 0 Å². The fourth-order valence-electron chi connectivity index (χ4n) is 1.81. The average Bonchev–Trinajstić information content (AvgIpc) is 2.33. The van der Waals surface area contributed by atoms with E-state index in [1.54, 1.807) is 13.0 Å². The topological polar surface area (TPSA) is 17.1 Å². The molecule has 4 heteroatoms. The van der Waals surface area contributed by atoms with E-state index in [9.17, 15) is 13.6 Å². The molecular weight excluding hydrogens is 270 g/mol. The molecule has 0 N–H and O–H groups in total. The lowest BCUT2D eigenvalue weighted by Gasteiger charge is -2.06. The fraction of sp³-hybridized carbons (Fsp3) is 0.133. The normalized spacial score (nSPS) is 10.5. The van der Waals surface area contributed by atoms with Gasteiger partial charge in [0.1, 0.15) is 11.6 Å². The van der Waals surface area contributed by atoms with E-state index in [1.165, 1.54) is 24.3 Å². The molecule has 0 heterocycles. The van der Waals surface area contributed by atoms with Gasteiger partial charge in [-0.25, -0.2) is 8.78 Å². The third kappa shape index (κ3) is 3.18. The van der Waals surface area contributed by atoms with Gasteiger partial charge >= 0.3 is 0 Å². The molecule has 0 spiro atoms. The van der Waals surface area contributed by atoms with Crippen molar-refractivity contribution in [1.82, 2.24) is 0 Å². The summed E-state index contributed by atoms with van der Waals surface area (Å²) < 4.78 is 26.7. The van der Waals surface area contributed by atoms with E-state index in [4.69, 9.17) is 11.6 Å².